The Labute approximate surface area is 221 Å². The molecule has 1 aliphatic rings. The second kappa shape index (κ2) is 11.4. The van der Waals surface area contributed by atoms with Crippen LogP contribution in [0.3, 0.4) is 0 Å². The fourth-order valence-corrected chi connectivity index (χ4v) is 4.78. The molecule has 1 aliphatic heterocycles. The van der Waals surface area contributed by atoms with Crippen LogP contribution in [0.25, 0.3) is 11.3 Å². The molecule has 6 nitrogen and oxygen atoms in total. The van der Waals surface area contributed by atoms with Crippen molar-refractivity contribution in [3.05, 3.63) is 114 Å². The fourth-order valence-electron chi connectivity index (χ4n) is 4.78. The molecule has 7 heteroatoms. The number of aromatic nitrogens is 1. The number of nitrogens with zero attached hydrogens (tertiary/aromatic N) is 1. The molecule has 1 saturated heterocycles. The molecule has 1 fully saturated rings. The zero-order valence-corrected chi connectivity index (χ0v) is 21.2. The van der Waals surface area contributed by atoms with E-state index in [9.17, 15) is 14.0 Å². The third kappa shape index (κ3) is 5.68. The summed E-state index contributed by atoms with van der Waals surface area (Å²) in [5.41, 5.74) is 4.07. The topological polar surface area (TPSA) is 74.4 Å². The third-order valence-electron chi connectivity index (χ3n) is 6.72. The molecule has 0 radical (unpaired) electrons. The number of H-pyrrole nitrogens is 1. The lowest BCUT2D eigenvalue weighted by Crippen LogP contribution is -2.45. The van der Waals surface area contributed by atoms with E-state index in [0.717, 1.165) is 29.7 Å². The van der Waals surface area contributed by atoms with Gasteiger partial charge in [-0.2, -0.15) is 0 Å². The Balaban J connectivity index is 1.55. The lowest BCUT2D eigenvalue weighted by molar-refractivity contribution is -0.123. The van der Waals surface area contributed by atoms with Crippen LogP contribution in [-0.4, -0.2) is 36.1 Å². The Hall–Kier alpha value is -4.23. The normalized spacial score (nSPS) is 15.7. The summed E-state index contributed by atoms with van der Waals surface area (Å²) in [4.78, 5) is 32.6. The average Bonchev–Trinajstić information content (AvgIpc) is 3.64. The van der Waals surface area contributed by atoms with Gasteiger partial charge >= 0.3 is 0 Å². The Morgan fingerprint density at radius 3 is 2.53 bits per heavy atom. The lowest BCUT2D eigenvalue weighted by Gasteiger charge is -2.31. The number of benzene rings is 3. The minimum atomic E-state index is -1.03. The first-order valence-corrected chi connectivity index (χ1v) is 12.8. The fraction of sp³-hybridized carbons (Fsp3) is 0.226. The van der Waals surface area contributed by atoms with E-state index in [-0.39, 0.29) is 17.9 Å². The van der Waals surface area contributed by atoms with Gasteiger partial charge in [0, 0.05) is 24.5 Å². The second-order valence-corrected chi connectivity index (χ2v) is 9.50. The van der Waals surface area contributed by atoms with Gasteiger partial charge in [0.25, 0.3) is 5.91 Å². The first-order chi connectivity index (χ1) is 18.5. The maximum atomic E-state index is 14.2. The van der Waals surface area contributed by atoms with Crippen molar-refractivity contribution < 1.29 is 18.7 Å². The van der Waals surface area contributed by atoms with Crippen LogP contribution in [0, 0.1) is 12.7 Å². The number of aromatic amines is 1. The number of hydrogen-bond acceptors (Lipinski definition) is 3. The van der Waals surface area contributed by atoms with Crippen LogP contribution in [0.15, 0.2) is 91.0 Å². The van der Waals surface area contributed by atoms with Crippen LogP contribution < -0.4 is 10.2 Å². The minimum absolute atomic E-state index is 0.0622. The lowest BCUT2D eigenvalue weighted by atomic mass is 10.0. The van der Waals surface area contributed by atoms with E-state index >= 15 is 0 Å². The Morgan fingerprint density at radius 2 is 1.82 bits per heavy atom. The van der Waals surface area contributed by atoms with Crippen molar-refractivity contribution in [2.75, 3.05) is 18.1 Å². The molecule has 194 valence electrons. The molecule has 2 amide bonds. The van der Waals surface area contributed by atoms with Gasteiger partial charge in [-0.1, -0.05) is 54.6 Å². The summed E-state index contributed by atoms with van der Waals surface area (Å²) >= 11 is 0. The quantitative estimate of drug-likeness (QED) is 0.313. The summed E-state index contributed by atoms with van der Waals surface area (Å²) in [6.45, 7) is 2.94. The minimum Gasteiger partial charge on any atom is -0.376 e. The number of anilines is 1. The van der Waals surface area contributed by atoms with Gasteiger partial charge in [0.1, 0.15) is 17.6 Å². The van der Waals surface area contributed by atoms with E-state index in [1.165, 1.54) is 17.0 Å². The predicted octanol–water partition coefficient (Wildman–Crippen LogP) is 5.81. The van der Waals surface area contributed by atoms with Gasteiger partial charge in [-0.15, -0.1) is 0 Å². The van der Waals surface area contributed by atoms with Crippen LogP contribution >= 0.6 is 0 Å². The number of ether oxygens (including phenoxy) is 1. The molecular formula is C31H30FN3O3. The van der Waals surface area contributed by atoms with Crippen molar-refractivity contribution in [2.45, 2.75) is 31.9 Å². The molecule has 0 bridgehead atoms. The highest BCUT2D eigenvalue weighted by Crippen LogP contribution is 2.31. The van der Waals surface area contributed by atoms with E-state index in [2.05, 4.69) is 10.3 Å². The molecule has 2 heterocycles. The highest BCUT2D eigenvalue weighted by atomic mass is 19.1. The molecule has 0 aliphatic carbocycles. The van der Waals surface area contributed by atoms with Crippen molar-refractivity contribution in [1.82, 2.24) is 10.3 Å². The molecule has 38 heavy (non-hydrogen) atoms. The molecule has 0 unspecified atom stereocenters. The monoisotopic (exact) mass is 511 g/mol. The highest BCUT2D eigenvalue weighted by Gasteiger charge is 2.34. The molecule has 0 spiro atoms. The van der Waals surface area contributed by atoms with E-state index in [1.807, 2.05) is 61.5 Å². The van der Waals surface area contributed by atoms with Gasteiger partial charge in [-0.05, 0) is 72.9 Å². The summed E-state index contributed by atoms with van der Waals surface area (Å²) in [5, 5.41) is 2.98. The predicted molar refractivity (Wildman–Crippen MR) is 145 cm³/mol. The first-order valence-electron chi connectivity index (χ1n) is 12.8. The summed E-state index contributed by atoms with van der Waals surface area (Å²) in [5.74, 6) is -1.16. The molecular weight excluding hydrogens is 481 g/mol. The Morgan fingerprint density at radius 1 is 1.03 bits per heavy atom. The number of aryl methyl sites for hydroxylation is 1. The largest absolute Gasteiger partial charge is 0.376 e. The summed E-state index contributed by atoms with van der Waals surface area (Å²) < 4.78 is 19.5. The second-order valence-electron chi connectivity index (χ2n) is 9.50. The number of carbonyl (C=O) groups is 2. The van der Waals surface area contributed by atoms with Crippen molar-refractivity contribution in [3.8, 4) is 11.3 Å². The van der Waals surface area contributed by atoms with Gasteiger partial charge in [-0.3, -0.25) is 14.5 Å². The van der Waals surface area contributed by atoms with Crippen molar-refractivity contribution >= 4 is 17.5 Å². The first kappa shape index (κ1) is 25.4. The standard InChI is InChI=1S/C31H30FN3O3/c1-21-7-5-10-25(19-21)35(31(37)28-17-16-27(34-28)22-8-3-2-4-9-22)29(23-12-14-24(32)15-13-23)30(36)33-20-26-11-6-18-38-26/h2-5,7-10,12-17,19,26,29,34H,6,11,18,20H2,1H3,(H,33,36)/t26-,29+/m1/s1. The number of rotatable bonds is 8. The van der Waals surface area contributed by atoms with Gasteiger partial charge in [0.15, 0.2) is 0 Å². The van der Waals surface area contributed by atoms with E-state index in [4.69, 9.17) is 4.74 Å². The highest BCUT2D eigenvalue weighted by molar-refractivity contribution is 6.09. The molecule has 2 N–H and O–H groups in total. The zero-order valence-electron chi connectivity index (χ0n) is 21.2. The number of halogens is 1. The molecule has 4 aromatic rings. The van der Waals surface area contributed by atoms with Gasteiger partial charge in [0.2, 0.25) is 5.91 Å². The smallest absolute Gasteiger partial charge is 0.275 e. The zero-order chi connectivity index (χ0) is 26.5. The van der Waals surface area contributed by atoms with Crippen LogP contribution in [0.4, 0.5) is 10.1 Å². The van der Waals surface area contributed by atoms with Gasteiger partial charge in [0.05, 0.1) is 6.10 Å². The number of carbonyl (C=O) groups excluding carboxylic acids is 2. The molecule has 5 rings (SSSR count). The number of nitrogens with one attached hydrogen (secondary N) is 2. The molecule has 3 aromatic carbocycles. The van der Waals surface area contributed by atoms with Crippen LogP contribution in [0.1, 0.15) is 40.5 Å². The van der Waals surface area contributed by atoms with E-state index in [0.29, 0.717) is 30.1 Å². The van der Waals surface area contributed by atoms with E-state index in [1.54, 1.807) is 24.3 Å². The van der Waals surface area contributed by atoms with Crippen molar-refractivity contribution in [1.29, 1.82) is 0 Å². The van der Waals surface area contributed by atoms with Gasteiger partial charge in [-0.25, -0.2) is 4.39 Å². The Kier molecular flexibility index (Phi) is 7.65. The van der Waals surface area contributed by atoms with Crippen LogP contribution in [0.2, 0.25) is 0 Å². The van der Waals surface area contributed by atoms with Crippen molar-refractivity contribution in [3.63, 3.8) is 0 Å². The van der Waals surface area contributed by atoms with Gasteiger partial charge < -0.3 is 15.0 Å². The van der Waals surface area contributed by atoms with E-state index < -0.39 is 11.9 Å². The Bertz CT molecular complexity index is 1400. The average molecular weight is 512 g/mol. The number of hydrogen-bond donors (Lipinski definition) is 2. The maximum Gasteiger partial charge on any atom is 0.275 e. The number of amides is 2. The third-order valence-corrected chi connectivity index (χ3v) is 6.72. The maximum absolute atomic E-state index is 14.2. The molecule has 1 aromatic heterocycles. The summed E-state index contributed by atoms with van der Waals surface area (Å²) in [7, 11) is 0. The van der Waals surface area contributed by atoms with Crippen molar-refractivity contribution in [2.24, 2.45) is 0 Å². The summed E-state index contributed by atoms with van der Waals surface area (Å²) in [6.07, 6.45) is 1.76. The van der Waals surface area contributed by atoms with Crippen LogP contribution in [-0.2, 0) is 9.53 Å². The SMILES string of the molecule is Cc1cccc(N(C(=O)c2ccc(-c3ccccc3)[nH]2)[C@H](C(=O)NC[C@H]2CCCO2)c2ccc(F)cc2)c1. The molecule has 2 atom stereocenters. The molecule has 0 saturated carbocycles. The van der Waals surface area contributed by atoms with Crippen LogP contribution in [0.5, 0.6) is 0 Å². The summed E-state index contributed by atoms with van der Waals surface area (Å²) in [6, 6.07) is 25.4.